The predicted molar refractivity (Wildman–Crippen MR) is 134 cm³/mol. The summed E-state index contributed by atoms with van der Waals surface area (Å²) in [6.07, 6.45) is 0. The molecule has 156 valence electrons. The van der Waals surface area contributed by atoms with Crippen molar-refractivity contribution in [2.24, 2.45) is 0 Å². The van der Waals surface area contributed by atoms with E-state index in [9.17, 15) is 5.26 Å². The summed E-state index contributed by atoms with van der Waals surface area (Å²) in [6.45, 7) is 0. The average Bonchev–Trinajstić information content (AvgIpc) is 2.90. The minimum atomic E-state index is 0.101. The summed E-state index contributed by atoms with van der Waals surface area (Å²) < 4.78 is 0. The van der Waals surface area contributed by atoms with E-state index < -0.39 is 0 Å². The fourth-order valence-electron chi connectivity index (χ4n) is 3.91. The first-order chi connectivity index (χ1) is 16.2. The van der Waals surface area contributed by atoms with Gasteiger partial charge in [0.15, 0.2) is 5.15 Å². The Balaban J connectivity index is 1.60. The van der Waals surface area contributed by atoms with E-state index in [1.165, 1.54) is 0 Å². The van der Waals surface area contributed by atoms with Crippen molar-refractivity contribution in [1.82, 2.24) is 10.2 Å². The SMILES string of the molecule is N#Cc1c(Cl)nnc(-c2ccc(-c3ccccc3)cc2)c1-c1ccc(-c2ccccc2)cc1. The van der Waals surface area contributed by atoms with Crippen molar-refractivity contribution in [2.75, 3.05) is 0 Å². The third kappa shape index (κ3) is 4.13. The molecule has 1 aromatic heterocycles. The average molecular weight is 444 g/mol. The first-order valence-electron chi connectivity index (χ1n) is 10.5. The maximum Gasteiger partial charge on any atom is 0.170 e. The van der Waals surface area contributed by atoms with Crippen LogP contribution >= 0.6 is 11.6 Å². The van der Waals surface area contributed by atoms with E-state index in [0.717, 1.165) is 33.4 Å². The maximum atomic E-state index is 9.86. The minimum absolute atomic E-state index is 0.101. The van der Waals surface area contributed by atoms with Gasteiger partial charge in [-0.3, -0.25) is 0 Å². The van der Waals surface area contributed by atoms with Crippen molar-refractivity contribution in [2.45, 2.75) is 0 Å². The third-order valence-electron chi connectivity index (χ3n) is 5.59. The molecule has 4 aromatic carbocycles. The van der Waals surface area contributed by atoms with Gasteiger partial charge in [-0.05, 0) is 27.8 Å². The Labute approximate surface area is 197 Å². The topological polar surface area (TPSA) is 49.6 Å². The molecule has 0 bridgehead atoms. The summed E-state index contributed by atoms with van der Waals surface area (Å²) >= 11 is 6.28. The Morgan fingerprint density at radius 3 is 1.42 bits per heavy atom. The molecule has 0 N–H and O–H groups in total. The van der Waals surface area contributed by atoms with Crippen molar-refractivity contribution in [3.8, 4) is 50.7 Å². The Kier molecular flexibility index (Phi) is 5.68. The van der Waals surface area contributed by atoms with Gasteiger partial charge in [-0.1, -0.05) is 121 Å². The number of rotatable bonds is 4. The lowest BCUT2D eigenvalue weighted by molar-refractivity contribution is 1.03. The van der Waals surface area contributed by atoms with Crippen LogP contribution in [0.5, 0.6) is 0 Å². The van der Waals surface area contributed by atoms with Gasteiger partial charge in [0.05, 0.1) is 0 Å². The van der Waals surface area contributed by atoms with Crippen LogP contribution in [0.3, 0.4) is 0 Å². The molecule has 0 fully saturated rings. The lowest BCUT2D eigenvalue weighted by Gasteiger charge is -2.13. The zero-order valence-corrected chi connectivity index (χ0v) is 18.4. The Hall–Kier alpha value is -4.26. The van der Waals surface area contributed by atoms with Crippen LogP contribution in [0.1, 0.15) is 5.56 Å². The second-order valence-corrected chi connectivity index (χ2v) is 7.95. The second-order valence-electron chi connectivity index (χ2n) is 7.59. The highest BCUT2D eigenvalue weighted by molar-refractivity contribution is 6.31. The molecule has 1 heterocycles. The van der Waals surface area contributed by atoms with Crippen LogP contribution in [-0.2, 0) is 0 Å². The fraction of sp³-hybridized carbons (Fsp3) is 0. The highest BCUT2D eigenvalue weighted by atomic mass is 35.5. The van der Waals surface area contributed by atoms with Gasteiger partial charge in [0.2, 0.25) is 0 Å². The number of halogens is 1. The second kappa shape index (κ2) is 9.08. The van der Waals surface area contributed by atoms with E-state index in [4.69, 9.17) is 11.6 Å². The molecule has 5 rings (SSSR count). The van der Waals surface area contributed by atoms with Crippen molar-refractivity contribution in [1.29, 1.82) is 5.26 Å². The highest BCUT2D eigenvalue weighted by Gasteiger charge is 2.19. The molecule has 0 saturated heterocycles. The summed E-state index contributed by atoms with van der Waals surface area (Å²) in [7, 11) is 0. The van der Waals surface area contributed by atoms with Crippen LogP contribution in [0, 0.1) is 11.3 Å². The van der Waals surface area contributed by atoms with Crippen LogP contribution in [0.2, 0.25) is 5.15 Å². The molecule has 0 atom stereocenters. The lowest BCUT2D eigenvalue weighted by atomic mass is 9.93. The molecular formula is C29H18ClN3. The molecular weight excluding hydrogens is 426 g/mol. The third-order valence-corrected chi connectivity index (χ3v) is 5.85. The Bertz CT molecular complexity index is 1440. The number of hydrogen-bond acceptors (Lipinski definition) is 3. The van der Waals surface area contributed by atoms with Gasteiger partial charge >= 0.3 is 0 Å². The van der Waals surface area contributed by atoms with Crippen molar-refractivity contribution in [3.05, 3.63) is 120 Å². The first-order valence-corrected chi connectivity index (χ1v) is 10.9. The van der Waals surface area contributed by atoms with Crippen LogP contribution in [0.15, 0.2) is 109 Å². The summed E-state index contributed by atoms with van der Waals surface area (Å²) in [6, 6.07) is 38.8. The summed E-state index contributed by atoms with van der Waals surface area (Å²) in [5.74, 6) is 0. The summed E-state index contributed by atoms with van der Waals surface area (Å²) in [5.41, 5.74) is 7.85. The molecule has 0 aliphatic heterocycles. The summed E-state index contributed by atoms with van der Waals surface area (Å²) in [4.78, 5) is 0. The van der Waals surface area contributed by atoms with Gasteiger partial charge in [0.25, 0.3) is 0 Å². The van der Waals surface area contributed by atoms with E-state index in [1.807, 2.05) is 72.8 Å². The quantitative estimate of drug-likeness (QED) is 0.286. The minimum Gasteiger partial charge on any atom is -0.192 e. The zero-order valence-electron chi connectivity index (χ0n) is 17.6. The van der Waals surface area contributed by atoms with E-state index in [2.05, 4.69) is 52.7 Å². The molecule has 33 heavy (non-hydrogen) atoms. The Morgan fingerprint density at radius 1 is 0.515 bits per heavy atom. The molecule has 5 aromatic rings. The predicted octanol–water partition coefficient (Wildman–Crippen LogP) is 7.67. The van der Waals surface area contributed by atoms with Gasteiger partial charge in [-0.2, -0.15) is 5.26 Å². The molecule has 0 spiro atoms. The first kappa shape index (κ1) is 20.6. The molecule has 0 amide bonds. The zero-order chi connectivity index (χ0) is 22.6. The van der Waals surface area contributed by atoms with Crippen LogP contribution in [0.4, 0.5) is 0 Å². The molecule has 0 saturated carbocycles. The number of hydrogen-bond donors (Lipinski definition) is 0. The highest BCUT2D eigenvalue weighted by Crippen LogP contribution is 2.37. The van der Waals surface area contributed by atoms with Gasteiger partial charge < -0.3 is 0 Å². The maximum absolute atomic E-state index is 9.86. The van der Waals surface area contributed by atoms with E-state index in [1.54, 1.807) is 0 Å². The van der Waals surface area contributed by atoms with Crippen LogP contribution in [-0.4, -0.2) is 10.2 Å². The van der Waals surface area contributed by atoms with E-state index in [-0.39, 0.29) is 5.15 Å². The smallest absolute Gasteiger partial charge is 0.170 e. The van der Waals surface area contributed by atoms with Crippen molar-refractivity contribution in [3.63, 3.8) is 0 Å². The van der Waals surface area contributed by atoms with Crippen molar-refractivity contribution >= 4 is 11.6 Å². The normalized spacial score (nSPS) is 10.5. The standard InChI is InChI=1S/C29H18ClN3/c30-29-26(19-31)27(24-15-11-22(12-16-24)20-7-3-1-4-8-20)28(32-33-29)25-17-13-23(14-18-25)21-9-5-2-6-10-21/h1-18H. The number of nitrogens with zero attached hydrogens (tertiary/aromatic N) is 3. The summed E-state index contributed by atoms with van der Waals surface area (Å²) in [5, 5.41) is 18.4. The van der Waals surface area contributed by atoms with Crippen LogP contribution < -0.4 is 0 Å². The van der Waals surface area contributed by atoms with Gasteiger partial charge in [-0.25, -0.2) is 0 Å². The fourth-order valence-corrected chi connectivity index (χ4v) is 4.09. The van der Waals surface area contributed by atoms with Crippen LogP contribution in [0.25, 0.3) is 44.6 Å². The Morgan fingerprint density at radius 2 is 0.939 bits per heavy atom. The number of nitriles is 1. The monoisotopic (exact) mass is 443 g/mol. The van der Waals surface area contributed by atoms with Gasteiger partial charge in [-0.15, -0.1) is 10.2 Å². The van der Waals surface area contributed by atoms with Crippen molar-refractivity contribution < 1.29 is 0 Å². The van der Waals surface area contributed by atoms with E-state index >= 15 is 0 Å². The molecule has 0 aliphatic carbocycles. The molecule has 0 radical (unpaired) electrons. The number of aromatic nitrogens is 2. The van der Waals surface area contributed by atoms with Gasteiger partial charge in [0.1, 0.15) is 17.3 Å². The van der Waals surface area contributed by atoms with E-state index in [0.29, 0.717) is 16.8 Å². The molecule has 0 aliphatic rings. The molecule has 4 heteroatoms. The largest absolute Gasteiger partial charge is 0.192 e. The van der Waals surface area contributed by atoms with Gasteiger partial charge in [0, 0.05) is 11.1 Å². The lowest BCUT2D eigenvalue weighted by Crippen LogP contribution is -1.98. The molecule has 0 unspecified atom stereocenters. The molecule has 3 nitrogen and oxygen atoms in total. The number of benzene rings is 4.